The van der Waals surface area contributed by atoms with E-state index in [1.165, 1.54) is 0 Å². The van der Waals surface area contributed by atoms with Crippen molar-refractivity contribution in [2.75, 3.05) is 6.61 Å². The summed E-state index contributed by atoms with van der Waals surface area (Å²) in [5, 5.41) is 19.0. The first kappa shape index (κ1) is 14.2. The first-order chi connectivity index (χ1) is 8.22. The standard InChI is InChI=1S/C14H22O3/c1-2-13(15)8-9-14(16)11-17-10-12-6-4-3-5-7-12/h3-7,13-16H,2,8-11H2,1H3. The Morgan fingerprint density at radius 2 is 1.71 bits per heavy atom. The summed E-state index contributed by atoms with van der Waals surface area (Å²) in [4.78, 5) is 0. The van der Waals surface area contributed by atoms with Crippen LogP contribution in [0.2, 0.25) is 0 Å². The number of hydrogen-bond acceptors (Lipinski definition) is 3. The minimum atomic E-state index is -0.486. The molecule has 0 spiro atoms. The largest absolute Gasteiger partial charge is 0.393 e. The van der Waals surface area contributed by atoms with Gasteiger partial charge < -0.3 is 14.9 Å². The van der Waals surface area contributed by atoms with Gasteiger partial charge in [-0.25, -0.2) is 0 Å². The Morgan fingerprint density at radius 1 is 1.06 bits per heavy atom. The molecule has 1 aromatic carbocycles. The van der Waals surface area contributed by atoms with Crippen LogP contribution < -0.4 is 0 Å². The lowest BCUT2D eigenvalue weighted by molar-refractivity contribution is 0.0165. The molecular formula is C14H22O3. The van der Waals surface area contributed by atoms with Gasteiger partial charge in [0.2, 0.25) is 0 Å². The molecule has 0 fully saturated rings. The summed E-state index contributed by atoms with van der Waals surface area (Å²) in [7, 11) is 0. The Labute approximate surface area is 103 Å². The summed E-state index contributed by atoms with van der Waals surface area (Å²) >= 11 is 0. The summed E-state index contributed by atoms with van der Waals surface area (Å²) in [5.41, 5.74) is 1.10. The smallest absolute Gasteiger partial charge is 0.0774 e. The Kier molecular flexibility index (Phi) is 6.86. The van der Waals surface area contributed by atoms with Crippen molar-refractivity contribution in [3.05, 3.63) is 35.9 Å². The van der Waals surface area contributed by atoms with E-state index in [4.69, 9.17) is 4.74 Å². The van der Waals surface area contributed by atoms with Gasteiger partial charge in [-0.2, -0.15) is 0 Å². The predicted molar refractivity (Wildman–Crippen MR) is 67.6 cm³/mol. The number of benzene rings is 1. The summed E-state index contributed by atoms with van der Waals surface area (Å²) in [6.45, 7) is 2.78. The highest BCUT2D eigenvalue weighted by molar-refractivity contribution is 5.13. The van der Waals surface area contributed by atoms with Crippen LogP contribution in [0.5, 0.6) is 0 Å². The molecule has 0 saturated carbocycles. The lowest BCUT2D eigenvalue weighted by Crippen LogP contribution is -2.18. The van der Waals surface area contributed by atoms with Gasteiger partial charge in [-0.15, -0.1) is 0 Å². The van der Waals surface area contributed by atoms with E-state index < -0.39 is 6.10 Å². The van der Waals surface area contributed by atoms with E-state index in [1.54, 1.807) is 0 Å². The average Bonchev–Trinajstić information content (AvgIpc) is 2.37. The molecule has 3 nitrogen and oxygen atoms in total. The Morgan fingerprint density at radius 3 is 2.35 bits per heavy atom. The van der Waals surface area contributed by atoms with Gasteiger partial charge in [-0.1, -0.05) is 37.3 Å². The highest BCUT2D eigenvalue weighted by Crippen LogP contribution is 2.06. The highest BCUT2D eigenvalue weighted by Gasteiger charge is 2.08. The number of aliphatic hydroxyl groups is 2. The normalized spacial score (nSPS) is 14.5. The second kappa shape index (κ2) is 8.23. The van der Waals surface area contributed by atoms with Crippen LogP contribution in [-0.4, -0.2) is 29.0 Å². The van der Waals surface area contributed by atoms with Crippen LogP contribution in [0.4, 0.5) is 0 Å². The molecule has 0 aromatic heterocycles. The third kappa shape index (κ3) is 6.41. The van der Waals surface area contributed by atoms with Gasteiger partial charge in [0.25, 0.3) is 0 Å². The monoisotopic (exact) mass is 238 g/mol. The van der Waals surface area contributed by atoms with Crippen molar-refractivity contribution in [2.24, 2.45) is 0 Å². The zero-order chi connectivity index (χ0) is 12.5. The van der Waals surface area contributed by atoms with Crippen LogP contribution in [0.25, 0.3) is 0 Å². The van der Waals surface area contributed by atoms with E-state index in [1.807, 2.05) is 37.3 Å². The van der Waals surface area contributed by atoms with Crippen molar-refractivity contribution < 1.29 is 14.9 Å². The zero-order valence-electron chi connectivity index (χ0n) is 10.4. The van der Waals surface area contributed by atoms with Gasteiger partial charge >= 0.3 is 0 Å². The van der Waals surface area contributed by atoms with Gasteiger partial charge in [-0.3, -0.25) is 0 Å². The van der Waals surface area contributed by atoms with Crippen molar-refractivity contribution in [3.8, 4) is 0 Å². The molecule has 0 amide bonds. The maximum atomic E-state index is 9.64. The van der Waals surface area contributed by atoms with E-state index in [9.17, 15) is 10.2 Å². The average molecular weight is 238 g/mol. The number of rotatable bonds is 8. The molecule has 2 unspecified atom stereocenters. The van der Waals surface area contributed by atoms with Crippen LogP contribution in [0.15, 0.2) is 30.3 Å². The fourth-order valence-corrected chi connectivity index (χ4v) is 1.56. The van der Waals surface area contributed by atoms with Crippen molar-refractivity contribution >= 4 is 0 Å². The van der Waals surface area contributed by atoms with Gasteiger partial charge in [0.05, 0.1) is 25.4 Å². The van der Waals surface area contributed by atoms with E-state index in [0.29, 0.717) is 26.1 Å². The van der Waals surface area contributed by atoms with Crippen molar-refractivity contribution in [3.63, 3.8) is 0 Å². The van der Waals surface area contributed by atoms with E-state index in [0.717, 1.165) is 12.0 Å². The van der Waals surface area contributed by atoms with E-state index >= 15 is 0 Å². The number of hydrogen-bond donors (Lipinski definition) is 2. The zero-order valence-corrected chi connectivity index (χ0v) is 10.4. The first-order valence-electron chi connectivity index (χ1n) is 6.20. The summed E-state index contributed by atoms with van der Waals surface area (Å²) in [6, 6.07) is 9.88. The van der Waals surface area contributed by atoms with Gasteiger partial charge in [0, 0.05) is 0 Å². The Balaban J connectivity index is 2.10. The molecule has 2 atom stereocenters. The topological polar surface area (TPSA) is 49.7 Å². The molecule has 0 heterocycles. The molecule has 0 aliphatic rings. The maximum Gasteiger partial charge on any atom is 0.0774 e. The molecule has 0 saturated heterocycles. The molecule has 0 aliphatic heterocycles. The molecule has 2 N–H and O–H groups in total. The summed E-state index contributed by atoms with van der Waals surface area (Å²) < 4.78 is 5.42. The second-order valence-corrected chi connectivity index (χ2v) is 4.29. The van der Waals surface area contributed by atoms with Crippen molar-refractivity contribution in [1.29, 1.82) is 0 Å². The quantitative estimate of drug-likeness (QED) is 0.729. The van der Waals surface area contributed by atoms with Crippen LogP contribution in [-0.2, 0) is 11.3 Å². The molecular weight excluding hydrogens is 216 g/mol. The fraction of sp³-hybridized carbons (Fsp3) is 0.571. The Bertz CT molecular complexity index is 287. The minimum absolute atomic E-state index is 0.307. The third-order valence-corrected chi connectivity index (χ3v) is 2.73. The lowest BCUT2D eigenvalue weighted by atomic mass is 10.1. The third-order valence-electron chi connectivity index (χ3n) is 2.73. The maximum absolute atomic E-state index is 9.64. The highest BCUT2D eigenvalue weighted by atomic mass is 16.5. The SMILES string of the molecule is CCC(O)CCC(O)COCc1ccccc1. The second-order valence-electron chi connectivity index (χ2n) is 4.29. The molecule has 3 heteroatoms. The molecule has 0 bridgehead atoms. The predicted octanol–water partition coefficient (Wildman–Crippen LogP) is 2.12. The molecule has 17 heavy (non-hydrogen) atoms. The molecule has 0 aliphatic carbocycles. The fourth-order valence-electron chi connectivity index (χ4n) is 1.56. The molecule has 0 radical (unpaired) electrons. The van der Waals surface area contributed by atoms with Gasteiger partial charge in [0.15, 0.2) is 0 Å². The van der Waals surface area contributed by atoms with Crippen LogP contribution in [0, 0.1) is 0 Å². The van der Waals surface area contributed by atoms with Gasteiger partial charge in [0.1, 0.15) is 0 Å². The van der Waals surface area contributed by atoms with Crippen LogP contribution in [0.1, 0.15) is 31.7 Å². The van der Waals surface area contributed by atoms with E-state index in [-0.39, 0.29) is 6.10 Å². The summed E-state index contributed by atoms with van der Waals surface area (Å²) in [6.07, 6.45) is 1.16. The van der Waals surface area contributed by atoms with Crippen molar-refractivity contribution in [1.82, 2.24) is 0 Å². The van der Waals surface area contributed by atoms with Crippen molar-refractivity contribution in [2.45, 2.75) is 45.0 Å². The van der Waals surface area contributed by atoms with Gasteiger partial charge in [-0.05, 0) is 24.8 Å². The molecule has 1 rings (SSSR count). The molecule has 1 aromatic rings. The lowest BCUT2D eigenvalue weighted by Gasteiger charge is -2.13. The molecule has 96 valence electrons. The summed E-state index contributed by atoms with van der Waals surface area (Å²) in [5.74, 6) is 0. The number of ether oxygens (including phenoxy) is 1. The van der Waals surface area contributed by atoms with Crippen LogP contribution >= 0.6 is 0 Å². The Hall–Kier alpha value is -0.900. The van der Waals surface area contributed by atoms with E-state index in [2.05, 4.69) is 0 Å². The minimum Gasteiger partial charge on any atom is -0.393 e. The van der Waals surface area contributed by atoms with Crippen LogP contribution in [0.3, 0.4) is 0 Å². The number of aliphatic hydroxyl groups excluding tert-OH is 2. The first-order valence-corrected chi connectivity index (χ1v) is 6.20.